The molecule has 0 radical (unpaired) electrons. The van der Waals surface area contributed by atoms with Gasteiger partial charge in [0.05, 0.1) is 27.8 Å². The van der Waals surface area contributed by atoms with E-state index in [9.17, 15) is 0 Å². The third kappa shape index (κ3) is 4.79. The van der Waals surface area contributed by atoms with Crippen LogP contribution in [0.5, 0.6) is 0 Å². The normalized spacial score (nSPS) is 14.6. The maximum Gasteiger partial charge on any atom is 0.0754 e. The topological polar surface area (TPSA) is 8.17 Å². The van der Waals surface area contributed by atoms with Crippen molar-refractivity contribution >= 4 is 49.6 Å². The Labute approximate surface area is 354 Å². The van der Waals surface area contributed by atoms with Crippen molar-refractivity contribution in [1.29, 1.82) is 0 Å². The van der Waals surface area contributed by atoms with Gasteiger partial charge in [-0.3, -0.25) is 0 Å². The molecular formula is C59H38N2. The van der Waals surface area contributed by atoms with E-state index < -0.39 is 5.41 Å². The summed E-state index contributed by atoms with van der Waals surface area (Å²) in [5.41, 5.74) is 19.3. The van der Waals surface area contributed by atoms with Crippen LogP contribution in [0.25, 0.3) is 71.6 Å². The number of para-hydroxylation sites is 4. The van der Waals surface area contributed by atoms with E-state index >= 15 is 0 Å². The minimum Gasteiger partial charge on any atom is -0.310 e. The Morgan fingerprint density at radius 1 is 0.344 bits per heavy atom. The number of hydrogen-bond donors (Lipinski definition) is 0. The lowest BCUT2D eigenvalue weighted by Crippen LogP contribution is -2.33. The van der Waals surface area contributed by atoms with Crippen LogP contribution in [0.3, 0.4) is 0 Å². The molecule has 0 amide bonds. The molecule has 2 heteroatoms. The van der Waals surface area contributed by atoms with Gasteiger partial charge in [-0.1, -0.05) is 182 Å². The van der Waals surface area contributed by atoms with Crippen LogP contribution in [0.15, 0.2) is 231 Å². The standard InChI is InChI=1S/C59H38N2/c1-2-17-40(18-3-1)46-22-7-11-29-55(46)60(45-34-32-39-16-4-5-19-41(39)36-45)44-21-14-20-42(37-44)43-33-35-52-50(38-43)47-23-6-9-26-51(47)59(52)53-27-10-13-31-57(53)61-56-30-12-8-24-48(56)49-25-15-28-54(59)58(49)61/h1-38H. The van der Waals surface area contributed by atoms with Gasteiger partial charge in [0.1, 0.15) is 0 Å². The number of anilines is 3. The van der Waals surface area contributed by atoms with Crippen LogP contribution in [0, 0.1) is 0 Å². The average molecular weight is 775 g/mol. The number of benzene rings is 10. The first kappa shape index (κ1) is 34.0. The van der Waals surface area contributed by atoms with Crippen LogP contribution in [-0.2, 0) is 5.41 Å². The summed E-state index contributed by atoms with van der Waals surface area (Å²) < 4.78 is 2.51. The van der Waals surface area contributed by atoms with Crippen LogP contribution in [0.4, 0.5) is 17.1 Å². The van der Waals surface area contributed by atoms with E-state index in [2.05, 4.69) is 240 Å². The van der Waals surface area contributed by atoms with Gasteiger partial charge < -0.3 is 9.47 Å². The molecule has 0 N–H and O–H groups in total. The molecule has 1 aliphatic carbocycles. The molecule has 13 rings (SSSR count). The molecule has 11 aromatic rings. The van der Waals surface area contributed by atoms with E-state index in [1.54, 1.807) is 0 Å². The first-order valence-electron chi connectivity index (χ1n) is 21.2. The molecule has 10 aromatic carbocycles. The van der Waals surface area contributed by atoms with Crippen molar-refractivity contribution in [2.24, 2.45) is 0 Å². The van der Waals surface area contributed by atoms with Crippen LogP contribution >= 0.6 is 0 Å². The summed E-state index contributed by atoms with van der Waals surface area (Å²) >= 11 is 0. The summed E-state index contributed by atoms with van der Waals surface area (Å²) in [5.74, 6) is 0. The smallest absolute Gasteiger partial charge is 0.0754 e. The van der Waals surface area contributed by atoms with Crippen molar-refractivity contribution in [3.8, 4) is 39.1 Å². The fourth-order valence-electron chi connectivity index (χ4n) is 10.8. The van der Waals surface area contributed by atoms with E-state index in [0.29, 0.717) is 0 Å². The van der Waals surface area contributed by atoms with E-state index in [0.717, 1.165) is 17.1 Å². The maximum atomic E-state index is 2.51. The van der Waals surface area contributed by atoms with Gasteiger partial charge in [0.15, 0.2) is 0 Å². The number of rotatable bonds is 5. The largest absolute Gasteiger partial charge is 0.310 e. The monoisotopic (exact) mass is 774 g/mol. The van der Waals surface area contributed by atoms with Gasteiger partial charge in [-0.25, -0.2) is 0 Å². The summed E-state index contributed by atoms with van der Waals surface area (Å²) in [4.78, 5) is 2.43. The molecule has 2 nitrogen and oxygen atoms in total. The predicted molar refractivity (Wildman–Crippen MR) is 255 cm³/mol. The van der Waals surface area contributed by atoms with Crippen molar-refractivity contribution in [1.82, 2.24) is 4.57 Å². The van der Waals surface area contributed by atoms with Gasteiger partial charge in [0.25, 0.3) is 0 Å². The Kier molecular flexibility index (Phi) is 7.26. The molecule has 1 aromatic heterocycles. The Morgan fingerprint density at radius 3 is 1.90 bits per heavy atom. The predicted octanol–water partition coefficient (Wildman–Crippen LogP) is 15.4. The van der Waals surface area contributed by atoms with Crippen LogP contribution in [-0.4, -0.2) is 4.57 Å². The molecule has 0 bridgehead atoms. The van der Waals surface area contributed by atoms with Crippen molar-refractivity contribution < 1.29 is 0 Å². The van der Waals surface area contributed by atoms with Gasteiger partial charge in [-0.05, 0) is 109 Å². The van der Waals surface area contributed by atoms with Crippen LogP contribution < -0.4 is 4.90 Å². The highest BCUT2D eigenvalue weighted by Gasteiger charge is 2.50. The van der Waals surface area contributed by atoms with Crippen molar-refractivity contribution in [3.63, 3.8) is 0 Å². The van der Waals surface area contributed by atoms with E-state index in [1.807, 2.05) is 0 Å². The summed E-state index contributed by atoms with van der Waals surface area (Å²) in [7, 11) is 0. The Hall–Kier alpha value is -7.94. The van der Waals surface area contributed by atoms with Crippen molar-refractivity contribution in [2.75, 3.05) is 4.90 Å². The third-order valence-corrected chi connectivity index (χ3v) is 13.4. The lowest BCUT2D eigenvalue weighted by Gasteiger charge is -2.39. The summed E-state index contributed by atoms with van der Waals surface area (Å²) in [6.45, 7) is 0. The fraction of sp³-hybridized carbons (Fsp3) is 0.0169. The molecule has 1 unspecified atom stereocenters. The molecule has 0 saturated carbocycles. The lowest BCUT2D eigenvalue weighted by atomic mass is 9.65. The number of nitrogens with zero attached hydrogens (tertiary/aromatic N) is 2. The number of aromatic nitrogens is 1. The molecule has 61 heavy (non-hydrogen) atoms. The Balaban J connectivity index is 1.02. The molecule has 2 heterocycles. The second kappa shape index (κ2) is 13.0. The summed E-state index contributed by atoms with van der Waals surface area (Å²) in [6, 6.07) is 85.3. The SMILES string of the molecule is c1ccc(-c2ccccc2N(c2cccc(-c3ccc4c(c3)-c3ccccc3C43c4ccccc4-n4c5ccccc5c5cccc3c54)c2)c2ccc3ccccc3c2)cc1. The fourth-order valence-corrected chi connectivity index (χ4v) is 10.8. The highest BCUT2D eigenvalue weighted by atomic mass is 15.1. The average Bonchev–Trinajstić information content (AvgIpc) is 3.82. The van der Waals surface area contributed by atoms with Crippen LogP contribution in [0.2, 0.25) is 0 Å². The van der Waals surface area contributed by atoms with E-state index in [-0.39, 0.29) is 0 Å². The Morgan fingerprint density at radius 2 is 0.984 bits per heavy atom. The first-order chi connectivity index (χ1) is 30.3. The molecule has 1 spiro atoms. The molecule has 1 aliphatic heterocycles. The molecule has 0 fully saturated rings. The molecule has 0 saturated heterocycles. The second-order valence-electron chi connectivity index (χ2n) is 16.4. The van der Waals surface area contributed by atoms with Crippen molar-refractivity contribution in [2.45, 2.75) is 5.41 Å². The van der Waals surface area contributed by atoms with Gasteiger partial charge in [-0.2, -0.15) is 0 Å². The van der Waals surface area contributed by atoms with Gasteiger partial charge >= 0.3 is 0 Å². The van der Waals surface area contributed by atoms with Crippen LogP contribution in [0.1, 0.15) is 22.3 Å². The summed E-state index contributed by atoms with van der Waals surface area (Å²) in [6.07, 6.45) is 0. The van der Waals surface area contributed by atoms with Crippen molar-refractivity contribution in [3.05, 3.63) is 253 Å². The zero-order chi connectivity index (χ0) is 40.1. The molecular weight excluding hydrogens is 737 g/mol. The zero-order valence-electron chi connectivity index (χ0n) is 33.3. The quantitative estimate of drug-likeness (QED) is 0.169. The number of fused-ring (bicyclic) bond motifs is 13. The highest BCUT2D eigenvalue weighted by Crippen LogP contribution is 2.61. The zero-order valence-corrected chi connectivity index (χ0v) is 33.3. The van der Waals surface area contributed by atoms with Gasteiger partial charge in [-0.15, -0.1) is 0 Å². The lowest BCUT2D eigenvalue weighted by molar-refractivity contribution is 0.748. The number of hydrogen-bond acceptors (Lipinski definition) is 1. The van der Waals surface area contributed by atoms with E-state index in [4.69, 9.17) is 0 Å². The van der Waals surface area contributed by atoms with E-state index in [1.165, 1.54) is 93.9 Å². The van der Waals surface area contributed by atoms with Gasteiger partial charge in [0.2, 0.25) is 0 Å². The Bertz CT molecular complexity index is 3560. The molecule has 1 atom stereocenters. The van der Waals surface area contributed by atoms with Gasteiger partial charge in [0, 0.05) is 27.7 Å². The minimum atomic E-state index is -0.471. The minimum absolute atomic E-state index is 0.471. The second-order valence-corrected chi connectivity index (χ2v) is 16.4. The third-order valence-electron chi connectivity index (χ3n) is 13.4. The highest BCUT2D eigenvalue weighted by molar-refractivity contribution is 6.13. The molecule has 2 aliphatic rings. The maximum absolute atomic E-state index is 2.51. The first-order valence-corrected chi connectivity index (χ1v) is 21.2. The summed E-state index contributed by atoms with van der Waals surface area (Å²) in [5, 5.41) is 5.03. The molecule has 284 valence electrons.